The monoisotopic (exact) mass is 265 g/mol. The van der Waals surface area contributed by atoms with Crippen LogP contribution in [0.5, 0.6) is 0 Å². The van der Waals surface area contributed by atoms with E-state index in [4.69, 9.17) is 11.6 Å². The summed E-state index contributed by atoms with van der Waals surface area (Å²) < 4.78 is 37.7. The molecule has 0 fully saturated rings. The van der Waals surface area contributed by atoms with Gasteiger partial charge in [0.1, 0.15) is 0 Å². The van der Waals surface area contributed by atoms with E-state index in [1.54, 1.807) is 6.07 Å². The lowest BCUT2D eigenvalue weighted by Gasteiger charge is -2.12. The molecule has 0 saturated carbocycles. The summed E-state index contributed by atoms with van der Waals surface area (Å²) >= 11 is 5.52. The van der Waals surface area contributed by atoms with E-state index in [-0.39, 0.29) is 5.02 Å². The standard InChI is InChI=1S/C12H15ClF3N/c1-2-3-4-7-17-9-5-6-11(13)10(8-9)12(14,15)16/h5-6,8,17H,2-4,7H2,1H3. The molecule has 0 unspecified atom stereocenters. The van der Waals surface area contributed by atoms with Gasteiger partial charge in [-0.1, -0.05) is 31.4 Å². The van der Waals surface area contributed by atoms with Crippen LogP contribution in [0, 0.1) is 0 Å². The van der Waals surface area contributed by atoms with Crippen LogP contribution in [-0.2, 0) is 6.18 Å². The second kappa shape index (κ2) is 6.15. The van der Waals surface area contributed by atoms with Crippen LogP contribution < -0.4 is 5.32 Å². The van der Waals surface area contributed by atoms with Crippen molar-refractivity contribution in [3.63, 3.8) is 0 Å². The van der Waals surface area contributed by atoms with E-state index in [9.17, 15) is 13.2 Å². The summed E-state index contributed by atoms with van der Waals surface area (Å²) in [5.74, 6) is 0. The first-order valence-corrected chi connectivity index (χ1v) is 5.93. The van der Waals surface area contributed by atoms with Crippen molar-refractivity contribution in [3.8, 4) is 0 Å². The summed E-state index contributed by atoms with van der Waals surface area (Å²) in [5, 5.41) is 2.69. The fraction of sp³-hybridized carbons (Fsp3) is 0.500. The van der Waals surface area contributed by atoms with Crippen molar-refractivity contribution in [1.29, 1.82) is 0 Å². The fourth-order valence-corrected chi connectivity index (χ4v) is 1.68. The molecule has 0 aliphatic carbocycles. The fourth-order valence-electron chi connectivity index (χ4n) is 1.46. The smallest absolute Gasteiger partial charge is 0.385 e. The van der Waals surface area contributed by atoms with Crippen LogP contribution in [0.25, 0.3) is 0 Å². The Hall–Kier alpha value is -0.900. The zero-order valence-corrected chi connectivity index (χ0v) is 10.3. The average molecular weight is 266 g/mol. The first kappa shape index (κ1) is 14.2. The Kier molecular flexibility index (Phi) is 5.12. The second-order valence-electron chi connectivity index (χ2n) is 3.83. The van der Waals surface area contributed by atoms with Crippen LogP contribution in [0.4, 0.5) is 18.9 Å². The molecule has 0 heterocycles. The molecule has 1 nitrogen and oxygen atoms in total. The number of rotatable bonds is 5. The Morgan fingerprint density at radius 2 is 1.94 bits per heavy atom. The predicted molar refractivity (Wildman–Crippen MR) is 64.5 cm³/mol. The van der Waals surface area contributed by atoms with Crippen molar-refractivity contribution >= 4 is 17.3 Å². The van der Waals surface area contributed by atoms with Gasteiger partial charge in [0.25, 0.3) is 0 Å². The number of anilines is 1. The second-order valence-corrected chi connectivity index (χ2v) is 4.23. The minimum atomic E-state index is -4.40. The maximum absolute atomic E-state index is 12.6. The SMILES string of the molecule is CCCCCNc1ccc(Cl)c(C(F)(F)F)c1. The van der Waals surface area contributed by atoms with Gasteiger partial charge in [-0.05, 0) is 24.6 Å². The molecule has 0 bridgehead atoms. The Morgan fingerprint density at radius 3 is 2.53 bits per heavy atom. The van der Waals surface area contributed by atoms with Crippen LogP contribution in [0.15, 0.2) is 18.2 Å². The van der Waals surface area contributed by atoms with Crippen LogP contribution in [-0.4, -0.2) is 6.54 Å². The van der Waals surface area contributed by atoms with Gasteiger partial charge in [0.2, 0.25) is 0 Å². The van der Waals surface area contributed by atoms with Gasteiger partial charge in [0.05, 0.1) is 10.6 Å². The van der Waals surface area contributed by atoms with E-state index in [0.717, 1.165) is 25.3 Å². The first-order chi connectivity index (χ1) is 7.95. The summed E-state index contributed by atoms with van der Waals surface area (Å²) in [6.07, 6.45) is -1.32. The third-order valence-electron chi connectivity index (χ3n) is 2.38. The van der Waals surface area contributed by atoms with Crippen LogP contribution in [0.1, 0.15) is 31.7 Å². The van der Waals surface area contributed by atoms with Crippen molar-refractivity contribution in [2.45, 2.75) is 32.4 Å². The molecule has 0 amide bonds. The first-order valence-electron chi connectivity index (χ1n) is 5.55. The van der Waals surface area contributed by atoms with Crippen LogP contribution in [0.2, 0.25) is 5.02 Å². The van der Waals surface area contributed by atoms with Gasteiger partial charge in [-0.2, -0.15) is 13.2 Å². The number of nitrogens with one attached hydrogen (secondary N) is 1. The maximum Gasteiger partial charge on any atom is 0.417 e. The van der Waals surface area contributed by atoms with Gasteiger partial charge in [-0.25, -0.2) is 0 Å². The average Bonchev–Trinajstić information content (AvgIpc) is 2.25. The normalized spacial score (nSPS) is 11.6. The molecule has 1 aromatic carbocycles. The predicted octanol–water partition coefficient (Wildman–Crippen LogP) is 4.96. The van der Waals surface area contributed by atoms with E-state index < -0.39 is 11.7 Å². The molecular weight excluding hydrogens is 251 g/mol. The number of unbranched alkanes of at least 4 members (excludes halogenated alkanes) is 2. The number of alkyl halides is 3. The highest BCUT2D eigenvalue weighted by molar-refractivity contribution is 6.31. The minimum absolute atomic E-state index is 0.267. The number of hydrogen-bond donors (Lipinski definition) is 1. The molecule has 0 spiro atoms. The summed E-state index contributed by atoms with van der Waals surface area (Å²) in [5.41, 5.74) is -0.336. The highest BCUT2D eigenvalue weighted by atomic mass is 35.5. The van der Waals surface area contributed by atoms with Crippen molar-refractivity contribution < 1.29 is 13.2 Å². The zero-order chi connectivity index (χ0) is 12.9. The maximum atomic E-state index is 12.6. The van der Waals surface area contributed by atoms with E-state index in [0.29, 0.717) is 12.2 Å². The van der Waals surface area contributed by atoms with Crippen molar-refractivity contribution in [3.05, 3.63) is 28.8 Å². The molecule has 96 valence electrons. The number of benzene rings is 1. The largest absolute Gasteiger partial charge is 0.417 e. The molecule has 17 heavy (non-hydrogen) atoms. The lowest BCUT2D eigenvalue weighted by atomic mass is 10.2. The molecule has 0 aliphatic heterocycles. The topological polar surface area (TPSA) is 12.0 Å². The Balaban J connectivity index is 2.69. The molecule has 0 saturated heterocycles. The third-order valence-corrected chi connectivity index (χ3v) is 2.71. The molecular formula is C12H15ClF3N. The highest BCUT2D eigenvalue weighted by Gasteiger charge is 2.33. The molecule has 5 heteroatoms. The summed E-state index contributed by atoms with van der Waals surface area (Å²) in [6, 6.07) is 3.88. The quantitative estimate of drug-likeness (QED) is 0.742. The molecule has 1 aromatic rings. The van der Waals surface area contributed by atoms with Crippen molar-refractivity contribution in [2.75, 3.05) is 11.9 Å². The molecule has 0 aliphatic rings. The minimum Gasteiger partial charge on any atom is -0.385 e. The summed E-state index contributed by atoms with van der Waals surface area (Å²) in [4.78, 5) is 0. The lowest BCUT2D eigenvalue weighted by Crippen LogP contribution is -2.08. The summed E-state index contributed by atoms with van der Waals surface area (Å²) in [7, 11) is 0. The van der Waals surface area contributed by atoms with Gasteiger partial charge in [0.15, 0.2) is 0 Å². The van der Waals surface area contributed by atoms with E-state index in [2.05, 4.69) is 12.2 Å². The van der Waals surface area contributed by atoms with Gasteiger partial charge < -0.3 is 5.32 Å². The Morgan fingerprint density at radius 1 is 1.24 bits per heavy atom. The van der Waals surface area contributed by atoms with E-state index in [1.807, 2.05) is 0 Å². The van der Waals surface area contributed by atoms with Crippen molar-refractivity contribution in [1.82, 2.24) is 0 Å². The third kappa shape index (κ3) is 4.46. The summed E-state index contributed by atoms with van der Waals surface area (Å²) in [6.45, 7) is 2.75. The lowest BCUT2D eigenvalue weighted by molar-refractivity contribution is -0.137. The van der Waals surface area contributed by atoms with Gasteiger partial charge in [0, 0.05) is 12.2 Å². The van der Waals surface area contributed by atoms with Crippen molar-refractivity contribution in [2.24, 2.45) is 0 Å². The molecule has 0 radical (unpaired) electrons. The number of hydrogen-bond acceptors (Lipinski definition) is 1. The van der Waals surface area contributed by atoms with Gasteiger partial charge in [-0.15, -0.1) is 0 Å². The molecule has 0 aromatic heterocycles. The van der Waals surface area contributed by atoms with Gasteiger partial charge >= 0.3 is 6.18 Å². The van der Waals surface area contributed by atoms with E-state index in [1.165, 1.54) is 6.07 Å². The zero-order valence-electron chi connectivity index (χ0n) is 9.57. The number of halogens is 4. The molecule has 0 atom stereocenters. The van der Waals surface area contributed by atoms with Gasteiger partial charge in [-0.3, -0.25) is 0 Å². The van der Waals surface area contributed by atoms with Crippen LogP contribution in [0.3, 0.4) is 0 Å². The molecule has 1 N–H and O–H groups in total. The Labute approximate surface area is 104 Å². The van der Waals surface area contributed by atoms with E-state index >= 15 is 0 Å². The van der Waals surface area contributed by atoms with Crippen LogP contribution >= 0.6 is 11.6 Å². The molecule has 1 rings (SSSR count). The highest BCUT2D eigenvalue weighted by Crippen LogP contribution is 2.36. The Bertz CT molecular complexity index is 363.